The molecule has 2 aromatic rings. The molecule has 2 rings (SSSR count). The molecule has 0 aliphatic heterocycles. The van der Waals surface area contributed by atoms with E-state index >= 15 is 0 Å². The van der Waals surface area contributed by atoms with Crippen molar-refractivity contribution in [2.75, 3.05) is 5.32 Å². The first-order chi connectivity index (χ1) is 10.8. The fourth-order valence-corrected chi connectivity index (χ4v) is 2.04. The largest absolute Gasteiger partial charge is 0.573 e. The summed E-state index contributed by atoms with van der Waals surface area (Å²) in [6, 6.07) is 8.68. The van der Waals surface area contributed by atoms with Crippen LogP contribution in [-0.4, -0.2) is 17.3 Å². The van der Waals surface area contributed by atoms with E-state index < -0.39 is 6.36 Å². The number of hydrogen-bond acceptors (Lipinski definition) is 3. The maximum atomic E-state index is 12.1. The normalized spacial score (nSPS) is 12.5. The molecule has 0 aliphatic rings. The van der Waals surface area contributed by atoms with Gasteiger partial charge in [-0.3, -0.25) is 9.78 Å². The molecule has 1 aromatic carbocycles. The minimum Gasteiger partial charge on any atom is -0.406 e. The molecule has 0 spiro atoms. The second-order valence-electron chi connectivity index (χ2n) is 5.01. The van der Waals surface area contributed by atoms with Crippen molar-refractivity contribution in [1.82, 2.24) is 4.98 Å². The summed E-state index contributed by atoms with van der Waals surface area (Å²) >= 11 is 0. The molecule has 1 atom stereocenters. The lowest BCUT2D eigenvalue weighted by Gasteiger charge is -2.12. The smallest absolute Gasteiger partial charge is 0.406 e. The summed E-state index contributed by atoms with van der Waals surface area (Å²) in [5.74, 6) is -0.551. The fourth-order valence-electron chi connectivity index (χ4n) is 2.04. The number of rotatable bonds is 5. The lowest BCUT2D eigenvalue weighted by molar-refractivity contribution is -0.274. The Morgan fingerprint density at radius 2 is 1.78 bits per heavy atom. The topological polar surface area (TPSA) is 51.2 Å². The third-order valence-electron chi connectivity index (χ3n) is 3.14. The molecule has 1 N–H and O–H groups in total. The predicted molar refractivity (Wildman–Crippen MR) is 79.0 cm³/mol. The van der Waals surface area contributed by atoms with Crippen molar-refractivity contribution in [2.24, 2.45) is 0 Å². The molecule has 1 heterocycles. The average molecular weight is 324 g/mol. The highest BCUT2D eigenvalue weighted by Gasteiger charge is 2.30. The first kappa shape index (κ1) is 16.8. The molecule has 23 heavy (non-hydrogen) atoms. The number of amides is 1. The van der Waals surface area contributed by atoms with Gasteiger partial charge in [-0.15, -0.1) is 13.2 Å². The Labute approximate surface area is 131 Å². The third kappa shape index (κ3) is 5.61. The molecule has 7 heteroatoms. The zero-order valence-electron chi connectivity index (χ0n) is 12.3. The predicted octanol–water partition coefficient (Wildman–Crippen LogP) is 4.11. The Balaban J connectivity index is 1.90. The van der Waals surface area contributed by atoms with Crippen LogP contribution < -0.4 is 10.1 Å². The van der Waals surface area contributed by atoms with Crippen molar-refractivity contribution in [3.05, 3.63) is 54.4 Å². The summed E-state index contributed by atoms with van der Waals surface area (Å²) in [6.45, 7) is 1.91. The molecule has 1 aromatic heterocycles. The molecule has 0 saturated carbocycles. The number of anilines is 1. The minimum atomic E-state index is -4.73. The van der Waals surface area contributed by atoms with Crippen LogP contribution in [0.2, 0.25) is 0 Å². The van der Waals surface area contributed by atoms with E-state index in [1.807, 2.05) is 19.1 Å². The minimum absolute atomic E-state index is 0.00540. The van der Waals surface area contributed by atoms with Crippen molar-refractivity contribution >= 4 is 11.6 Å². The quantitative estimate of drug-likeness (QED) is 0.900. The van der Waals surface area contributed by atoms with E-state index in [9.17, 15) is 18.0 Å². The number of pyridine rings is 1. The first-order valence-corrected chi connectivity index (χ1v) is 6.89. The molecule has 0 unspecified atom stereocenters. The van der Waals surface area contributed by atoms with Gasteiger partial charge < -0.3 is 10.1 Å². The van der Waals surface area contributed by atoms with Crippen LogP contribution in [0.5, 0.6) is 5.75 Å². The van der Waals surface area contributed by atoms with Crippen LogP contribution in [0.3, 0.4) is 0 Å². The highest BCUT2D eigenvalue weighted by atomic mass is 19.4. The number of alkyl halides is 3. The number of nitrogens with one attached hydrogen (secondary N) is 1. The number of hydrogen-bond donors (Lipinski definition) is 1. The van der Waals surface area contributed by atoms with E-state index in [1.54, 1.807) is 12.4 Å². The lowest BCUT2D eigenvalue weighted by atomic mass is 9.99. The summed E-state index contributed by atoms with van der Waals surface area (Å²) in [5.41, 5.74) is 1.40. The molecule has 0 radical (unpaired) electrons. The van der Waals surface area contributed by atoms with Crippen LogP contribution in [0, 0.1) is 0 Å². The Morgan fingerprint density at radius 1 is 1.17 bits per heavy atom. The van der Waals surface area contributed by atoms with Gasteiger partial charge in [0.25, 0.3) is 0 Å². The van der Waals surface area contributed by atoms with Gasteiger partial charge in [0.1, 0.15) is 5.75 Å². The van der Waals surface area contributed by atoms with Gasteiger partial charge in [0, 0.05) is 24.5 Å². The maximum absolute atomic E-state index is 12.1. The van der Waals surface area contributed by atoms with Crippen molar-refractivity contribution in [3.8, 4) is 5.75 Å². The van der Waals surface area contributed by atoms with Gasteiger partial charge >= 0.3 is 6.36 Å². The van der Waals surface area contributed by atoms with Crippen molar-refractivity contribution in [1.29, 1.82) is 0 Å². The Morgan fingerprint density at radius 3 is 2.35 bits per heavy atom. The molecular formula is C16H15F3N2O2. The van der Waals surface area contributed by atoms with E-state index in [0.717, 1.165) is 17.7 Å². The standard InChI is InChI=1S/C16H15F3N2O2/c1-11(12-6-8-20-9-7-12)10-15(22)21-13-2-4-14(5-3-13)23-16(17,18)19/h2-9,11H,10H2,1H3,(H,21,22)/t11-/m1/s1. The van der Waals surface area contributed by atoms with Gasteiger partial charge in [-0.1, -0.05) is 6.92 Å². The highest BCUT2D eigenvalue weighted by Crippen LogP contribution is 2.24. The van der Waals surface area contributed by atoms with E-state index in [1.165, 1.54) is 12.1 Å². The van der Waals surface area contributed by atoms with E-state index in [0.29, 0.717) is 5.69 Å². The zero-order valence-corrected chi connectivity index (χ0v) is 12.3. The molecule has 122 valence electrons. The van der Waals surface area contributed by atoms with Gasteiger partial charge in [0.15, 0.2) is 0 Å². The molecule has 0 fully saturated rings. The summed E-state index contributed by atoms with van der Waals surface area (Å²) in [5, 5.41) is 2.64. The number of carbonyl (C=O) groups is 1. The van der Waals surface area contributed by atoms with Crippen LogP contribution in [0.4, 0.5) is 18.9 Å². The van der Waals surface area contributed by atoms with Crippen LogP contribution in [-0.2, 0) is 4.79 Å². The number of aromatic nitrogens is 1. The van der Waals surface area contributed by atoms with Gasteiger partial charge in [-0.25, -0.2) is 0 Å². The molecule has 0 bridgehead atoms. The second-order valence-corrected chi connectivity index (χ2v) is 5.01. The lowest BCUT2D eigenvalue weighted by Crippen LogP contribution is -2.17. The first-order valence-electron chi connectivity index (χ1n) is 6.89. The SMILES string of the molecule is C[C@H](CC(=O)Nc1ccc(OC(F)(F)F)cc1)c1ccncc1. The number of carbonyl (C=O) groups excluding carboxylic acids is 1. The molecule has 0 saturated heterocycles. The number of benzene rings is 1. The number of halogens is 3. The monoisotopic (exact) mass is 324 g/mol. The number of ether oxygens (including phenoxy) is 1. The summed E-state index contributed by atoms with van der Waals surface area (Å²) < 4.78 is 39.9. The maximum Gasteiger partial charge on any atom is 0.573 e. The zero-order chi connectivity index (χ0) is 16.9. The second kappa shape index (κ2) is 7.13. The van der Waals surface area contributed by atoms with E-state index in [2.05, 4.69) is 15.0 Å². The van der Waals surface area contributed by atoms with Crippen LogP contribution in [0.15, 0.2) is 48.8 Å². The van der Waals surface area contributed by atoms with Crippen molar-refractivity contribution in [2.45, 2.75) is 25.6 Å². The average Bonchev–Trinajstić information content (AvgIpc) is 2.48. The fraction of sp³-hybridized carbons (Fsp3) is 0.250. The van der Waals surface area contributed by atoms with Crippen LogP contribution in [0.1, 0.15) is 24.8 Å². The summed E-state index contributed by atoms with van der Waals surface area (Å²) in [7, 11) is 0. The molecule has 4 nitrogen and oxygen atoms in total. The highest BCUT2D eigenvalue weighted by molar-refractivity contribution is 5.91. The molecule has 0 aliphatic carbocycles. The van der Waals surface area contributed by atoms with Crippen LogP contribution >= 0.6 is 0 Å². The van der Waals surface area contributed by atoms with Gasteiger partial charge in [-0.2, -0.15) is 0 Å². The van der Waals surface area contributed by atoms with Gasteiger partial charge in [0.05, 0.1) is 0 Å². The molecular weight excluding hydrogens is 309 g/mol. The van der Waals surface area contributed by atoms with Gasteiger partial charge in [-0.05, 0) is 47.9 Å². The molecule has 1 amide bonds. The van der Waals surface area contributed by atoms with Crippen LogP contribution in [0.25, 0.3) is 0 Å². The summed E-state index contributed by atoms with van der Waals surface area (Å²) in [4.78, 5) is 15.9. The summed E-state index contributed by atoms with van der Waals surface area (Å²) in [6.07, 6.45) is -1.16. The van der Waals surface area contributed by atoms with Crippen molar-refractivity contribution < 1.29 is 22.7 Å². The van der Waals surface area contributed by atoms with Gasteiger partial charge in [0.2, 0.25) is 5.91 Å². The Hall–Kier alpha value is -2.57. The Kier molecular flexibility index (Phi) is 5.20. The van der Waals surface area contributed by atoms with Crippen molar-refractivity contribution in [3.63, 3.8) is 0 Å². The number of nitrogens with zero attached hydrogens (tertiary/aromatic N) is 1. The third-order valence-corrected chi connectivity index (χ3v) is 3.14. The van der Waals surface area contributed by atoms with E-state index in [-0.39, 0.29) is 24.0 Å². The van der Waals surface area contributed by atoms with E-state index in [4.69, 9.17) is 0 Å². The Bertz CT molecular complexity index is 643.